The van der Waals surface area contributed by atoms with E-state index in [0.717, 1.165) is 55.7 Å². The minimum atomic E-state index is 0.0289. The van der Waals surface area contributed by atoms with Gasteiger partial charge >= 0.3 is 0 Å². The lowest BCUT2D eigenvalue weighted by molar-refractivity contribution is 0.0926. The van der Waals surface area contributed by atoms with Crippen molar-refractivity contribution in [1.29, 1.82) is 0 Å². The Kier molecular flexibility index (Phi) is 16.0. The van der Waals surface area contributed by atoms with Gasteiger partial charge in [0.05, 0.1) is 19.9 Å². The number of ketones is 2. The van der Waals surface area contributed by atoms with Gasteiger partial charge in [-0.25, -0.2) is 9.50 Å². The van der Waals surface area contributed by atoms with E-state index in [1.807, 2.05) is 70.2 Å². The Morgan fingerprint density at radius 1 is 0.822 bits per heavy atom. The topological polar surface area (TPSA) is 92.0 Å². The van der Waals surface area contributed by atoms with E-state index in [1.165, 1.54) is 11.1 Å². The van der Waals surface area contributed by atoms with E-state index in [2.05, 4.69) is 30.9 Å². The van der Waals surface area contributed by atoms with Crippen molar-refractivity contribution in [2.24, 2.45) is 5.92 Å². The SMILES string of the molecule is CCC(C)C(=O)c1ccc(C)c(C)c1.CCCC(=O)c1cc2nccc(-c3ccc(OC)c(OC)c3)n2n1.CCCOCCC. The van der Waals surface area contributed by atoms with Gasteiger partial charge in [-0.2, -0.15) is 5.10 Å². The molecule has 8 nitrogen and oxygen atoms in total. The molecular weight excluding hydrogens is 566 g/mol. The predicted molar refractivity (Wildman–Crippen MR) is 182 cm³/mol. The van der Waals surface area contributed by atoms with Gasteiger partial charge in [-0.3, -0.25) is 9.59 Å². The molecule has 45 heavy (non-hydrogen) atoms. The summed E-state index contributed by atoms with van der Waals surface area (Å²) in [7, 11) is 3.19. The van der Waals surface area contributed by atoms with E-state index in [9.17, 15) is 9.59 Å². The Bertz CT molecular complexity index is 1510. The molecule has 0 N–H and O–H groups in total. The number of carbonyl (C=O) groups excluding carboxylic acids is 2. The maximum atomic E-state index is 12.1. The highest BCUT2D eigenvalue weighted by Crippen LogP contribution is 2.32. The van der Waals surface area contributed by atoms with Gasteiger partial charge in [0.2, 0.25) is 0 Å². The standard InChI is InChI=1S/C18H19N3O3.C13H18O.C6H14O/c1-4-5-15(22)13-11-18-19-9-8-14(21(18)20-13)12-6-7-16(23-2)17(10-12)24-3;1-5-9(2)13(14)12-7-6-10(3)11(4)8-12;1-3-5-7-6-4-2/h6-11H,4-5H2,1-3H3;6-9H,5H2,1-4H3;3-6H2,1-2H3. The second kappa shape index (κ2) is 19.4. The van der Waals surface area contributed by atoms with Crippen LogP contribution in [0, 0.1) is 19.8 Å². The molecular formula is C37H51N3O5. The highest BCUT2D eigenvalue weighted by molar-refractivity contribution is 5.97. The fourth-order valence-electron chi connectivity index (χ4n) is 4.36. The third kappa shape index (κ3) is 10.8. The van der Waals surface area contributed by atoms with Crippen LogP contribution < -0.4 is 9.47 Å². The molecule has 0 aliphatic heterocycles. The lowest BCUT2D eigenvalue weighted by Gasteiger charge is -2.10. The fraction of sp³-hybridized carbons (Fsp3) is 0.459. The first-order chi connectivity index (χ1) is 21.6. The van der Waals surface area contributed by atoms with Crippen LogP contribution in [0.2, 0.25) is 0 Å². The molecule has 244 valence electrons. The summed E-state index contributed by atoms with van der Waals surface area (Å²) in [6.07, 6.45) is 6.17. The molecule has 0 radical (unpaired) electrons. The number of fused-ring (bicyclic) bond motifs is 1. The highest BCUT2D eigenvalue weighted by Gasteiger charge is 2.15. The Hall–Kier alpha value is -4.04. The van der Waals surface area contributed by atoms with Crippen LogP contribution in [0.3, 0.4) is 0 Å². The molecule has 4 aromatic rings. The van der Waals surface area contributed by atoms with Crippen molar-refractivity contribution in [2.75, 3.05) is 27.4 Å². The minimum Gasteiger partial charge on any atom is -0.493 e. The number of nitrogens with zero attached hydrogens (tertiary/aromatic N) is 3. The van der Waals surface area contributed by atoms with Gasteiger partial charge < -0.3 is 14.2 Å². The Morgan fingerprint density at radius 3 is 2.09 bits per heavy atom. The molecule has 0 aliphatic carbocycles. The number of Topliss-reactive ketones (excluding diaryl/α,β-unsaturated/α-hetero) is 2. The fourth-order valence-corrected chi connectivity index (χ4v) is 4.36. The van der Waals surface area contributed by atoms with E-state index in [0.29, 0.717) is 29.3 Å². The number of hydrogen-bond donors (Lipinski definition) is 0. The van der Waals surface area contributed by atoms with E-state index < -0.39 is 0 Å². The van der Waals surface area contributed by atoms with Gasteiger partial charge in [0.15, 0.2) is 28.7 Å². The van der Waals surface area contributed by atoms with Gasteiger partial charge in [0.1, 0.15) is 5.69 Å². The minimum absolute atomic E-state index is 0.0289. The number of hydrogen-bond acceptors (Lipinski definition) is 7. The molecule has 2 aromatic heterocycles. The summed E-state index contributed by atoms with van der Waals surface area (Å²) >= 11 is 0. The summed E-state index contributed by atoms with van der Waals surface area (Å²) in [4.78, 5) is 28.2. The van der Waals surface area contributed by atoms with Crippen LogP contribution in [-0.2, 0) is 4.74 Å². The average molecular weight is 618 g/mol. The van der Waals surface area contributed by atoms with Gasteiger partial charge in [-0.05, 0) is 81.0 Å². The first-order valence-electron chi connectivity index (χ1n) is 15.9. The third-order valence-corrected chi connectivity index (χ3v) is 7.35. The molecule has 2 aromatic carbocycles. The van der Waals surface area contributed by atoms with Crippen LogP contribution in [0.1, 0.15) is 98.7 Å². The largest absolute Gasteiger partial charge is 0.493 e. The normalized spacial score (nSPS) is 11.1. The molecule has 0 saturated carbocycles. The van der Waals surface area contributed by atoms with Gasteiger partial charge in [0, 0.05) is 48.9 Å². The zero-order chi connectivity index (χ0) is 33.4. The van der Waals surface area contributed by atoms with Crippen molar-refractivity contribution in [2.45, 2.75) is 80.6 Å². The number of ether oxygens (including phenoxy) is 3. The van der Waals surface area contributed by atoms with E-state index >= 15 is 0 Å². The zero-order valence-corrected chi connectivity index (χ0v) is 28.6. The number of carbonyl (C=O) groups is 2. The number of aromatic nitrogens is 3. The first kappa shape index (κ1) is 37.1. The maximum Gasteiger partial charge on any atom is 0.183 e. The van der Waals surface area contributed by atoms with Crippen molar-refractivity contribution in [1.82, 2.24) is 14.6 Å². The molecule has 2 heterocycles. The summed E-state index contributed by atoms with van der Waals surface area (Å²) in [5.74, 6) is 1.72. The second-order valence-corrected chi connectivity index (χ2v) is 11.0. The second-order valence-electron chi connectivity index (χ2n) is 11.0. The van der Waals surface area contributed by atoms with Crippen molar-refractivity contribution in [3.05, 3.63) is 77.1 Å². The van der Waals surface area contributed by atoms with E-state index in [-0.39, 0.29) is 17.5 Å². The van der Waals surface area contributed by atoms with Crippen molar-refractivity contribution in [3.8, 4) is 22.8 Å². The van der Waals surface area contributed by atoms with Crippen LogP contribution in [0.5, 0.6) is 11.5 Å². The number of aryl methyl sites for hydroxylation is 2. The molecule has 1 unspecified atom stereocenters. The Labute approximate surface area is 269 Å². The summed E-state index contributed by atoms with van der Waals surface area (Å²) in [5.41, 5.74) is 6.10. The number of benzene rings is 2. The molecule has 0 fully saturated rings. The smallest absolute Gasteiger partial charge is 0.183 e. The summed E-state index contributed by atoms with van der Waals surface area (Å²) < 4.78 is 17.5. The average Bonchev–Trinajstić information content (AvgIpc) is 3.51. The van der Waals surface area contributed by atoms with Crippen LogP contribution >= 0.6 is 0 Å². The van der Waals surface area contributed by atoms with Crippen molar-refractivity contribution >= 4 is 17.2 Å². The summed E-state index contributed by atoms with van der Waals surface area (Å²) in [6.45, 7) is 16.2. The van der Waals surface area contributed by atoms with Gasteiger partial charge in [-0.15, -0.1) is 0 Å². The number of rotatable bonds is 13. The molecule has 4 rings (SSSR count). The van der Waals surface area contributed by atoms with Crippen molar-refractivity contribution < 1.29 is 23.8 Å². The maximum absolute atomic E-state index is 12.1. The summed E-state index contributed by atoms with van der Waals surface area (Å²) in [6, 6.07) is 15.2. The molecule has 8 heteroatoms. The Balaban J connectivity index is 0.000000283. The molecule has 0 aliphatic rings. The van der Waals surface area contributed by atoms with Crippen LogP contribution in [0.25, 0.3) is 16.9 Å². The lowest BCUT2D eigenvalue weighted by atomic mass is 9.95. The zero-order valence-electron chi connectivity index (χ0n) is 28.6. The van der Waals surface area contributed by atoms with Gasteiger partial charge in [-0.1, -0.05) is 46.8 Å². The predicted octanol–water partition coefficient (Wildman–Crippen LogP) is 8.75. The molecule has 0 spiro atoms. The Morgan fingerprint density at radius 2 is 1.51 bits per heavy atom. The van der Waals surface area contributed by atoms with E-state index in [4.69, 9.17) is 14.2 Å². The van der Waals surface area contributed by atoms with Gasteiger partial charge in [0.25, 0.3) is 0 Å². The van der Waals surface area contributed by atoms with Crippen LogP contribution in [-0.4, -0.2) is 53.6 Å². The third-order valence-electron chi connectivity index (χ3n) is 7.35. The number of methoxy groups -OCH3 is 2. The highest BCUT2D eigenvalue weighted by atomic mass is 16.5. The van der Waals surface area contributed by atoms with E-state index in [1.54, 1.807) is 31.0 Å². The van der Waals surface area contributed by atoms with Crippen molar-refractivity contribution in [3.63, 3.8) is 0 Å². The first-order valence-corrected chi connectivity index (χ1v) is 15.9. The van der Waals surface area contributed by atoms with Crippen LogP contribution in [0.15, 0.2) is 54.7 Å². The monoisotopic (exact) mass is 617 g/mol. The summed E-state index contributed by atoms with van der Waals surface area (Å²) in [5, 5.41) is 4.44. The molecule has 0 bridgehead atoms. The lowest BCUT2D eigenvalue weighted by Crippen LogP contribution is -2.10. The molecule has 1 atom stereocenters. The quantitative estimate of drug-likeness (QED) is 0.109. The molecule has 0 saturated heterocycles. The van der Waals surface area contributed by atoms with Crippen LogP contribution in [0.4, 0.5) is 0 Å². The molecule has 0 amide bonds.